The van der Waals surface area contributed by atoms with Crippen molar-refractivity contribution in [3.05, 3.63) is 0 Å². The van der Waals surface area contributed by atoms with E-state index < -0.39 is 0 Å². The average molecular weight is 212 g/mol. The summed E-state index contributed by atoms with van der Waals surface area (Å²) in [7, 11) is 2.05. The Bertz CT molecular complexity index is 202. The molecule has 3 nitrogen and oxygen atoms in total. The first-order valence-electron chi connectivity index (χ1n) is 6.22. The first-order chi connectivity index (χ1) is 7.24. The summed E-state index contributed by atoms with van der Waals surface area (Å²) in [5.74, 6) is 0.856. The molecule has 0 aromatic heterocycles. The largest absolute Gasteiger partial charge is 0.381 e. The van der Waals surface area contributed by atoms with E-state index in [9.17, 15) is 0 Å². The molecule has 0 bridgehead atoms. The Hall–Kier alpha value is -0.120. The van der Waals surface area contributed by atoms with Crippen LogP contribution < -0.4 is 5.32 Å². The summed E-state index contributed by atoms with van der Waals surface area (Å²) < 4.78 is 5.46. The maximum atomic E-state index is 5.46. The van der Waals surface area contributed by atoms with Gasteiger partial charge in [0.2, 0.25) is 0 Å². The summed E-state index contributed by atoms with van der Waals surface area (Å²) in [6.07, 6.45) is 3.77. The molecule has 0 aromatic rings. The van der Waals surface area contributed by atoms with Gasteiger partial charge in [-0.15, -0.1) is 0 Å². The van der Waals surface area contributed by atoms with Gasteiger partial charge in [-0.1, -0.05) is 0 Å². The zero-order valence-corrected chi connectivity index (χ0v) is 10.1. The molecule has 1 atom stereocenters. The van der Waals surface area contributed by atoms with Gasteiger partial charge in [0.1, 0.15) is 0 Å². The Morgan fingerprint density at radius 1 is 1.40 bits per heavy atom. The van der Waals surface area contributed by atoms with E-state index in [1.807, 2.05) is 0 Å². The summed E-state index contributed by atoms with van der Waals surface area (Å²) in [6, 6.07) is 0. The van der Waals surface area contributed by atoms with Gasteiger partial charge in [0.25, 0.3) is 0 Å². The van der Waals surface area contributed by atoms with Crippen LogP contribution in [0.4, 0.5) is 0 Å². The molecule has 2 fully saturated rings. The normalized spacial score (nSPS) is 32.0. The van der Waals surface area contributed by atoms with Crippen molar-refractivity contribution in [2.24, 2.45) is 5.92 Å². The molecule has 2 rings (SSSR count). The number of rotatable bonds is 3. The number of nitrogens with one attached hydrogen (secondary N) is 1. The van der Waals surface area contributed by atoms with Crippen LogP contribution in [0.1, 0.15) is 26.2 Å². The second-order valence-electron chi connectivity index (χ2n) is 5.27. The van der Waals surface area contributed by atoms with Crippen molar-refractivity contribution in [3.8, 4) is 0 Å². The topological polar surface area (TPSA) is 24.5 Å². The van der Waals surface area contributed by atoms with E-state index in [2.05, 4.69) is 24.2 Å². The monoisotopic (exact) mass is 212 g/mol. The Morgan fingerprint density at radius 3 is 2.80 bits per heavy atom. The predicted octanol–water partition coefficient (Wildman–Crippen LogP) is 1.10. The SMILES string of the molecule is CNCC1CCN(C2(C)CCOCC2)C1. The molecule has 0 saturated carbocycles. The zero-order chi connectivity index (χ0) is 10.7. The lowest BCUT2D eigenvalue weighted by molar-refractivity contribution is -0.0103. The molecule has 1 unspecified atom stereocenters. The lowest BCUT2D eigenvalue weighted by Gasteiger charge is -2.42. The smallest absolute Gasteiger partial charge is 0.0483 e. The summed E-state index contributed by atoms with van der Waals surface area (Å²) in [5, 5.41) is 3.29. The van der Waals surface area contributed by atoms with Gasteiger partial charge in [-0.25, -0.2) is 0 Å². The quantitative estimate of drug-likeness (QED) is 0.758. The third-order valence-corrected chi connectivity index (χ3v) is 4.11. The Balaban J connectivity index is 1.88. The molecule has 2 heterocycles. The van der Waals surface area contributed by atoms with E-state index in [0.717, 1.165) is 19.1 Å². The highest BCUT2D eigenvalue weighted by Crippen LogP contribution is 2.32. The lowest BCUT2D eigenvalue weighted by Crippen LogP contribution is -2.49. The third kappa shape index (κ3) is 2.52. The second kappa shape index (κ2) is 4.81. The van der Waals surface area contributed by atoms with Crippen molar-refractivity contribution in [2.75, 3.05) is 39.9 Å². The summed E-state index contributed by atoms with van der Waals surface area (Å²) in [6.45, 7) is 8.04. The number of hydrogen-bond acceptors (Lipinski definition) is 3. The van der Waals surface area contributed by atoms with Gasteiger partial charge in [-0.2, -0.15) is 0 Å². The summed E-state index contributed by atoms with van der Waals surface area (Å²) in [5.41, 5.74) is 0.417. The van der Waals surface area contributed by atoms with Crippen molar-refractivity contribution >= 4 is 0 Å². The third-order valence-electron chi connectivity index (χ3n) is 4.11. The number of likely N-dealkylation sites (tertiary alicyclic amines) is 1. The average Bonchev–Trinajstić information content (AvgIpc) is 2.69. The molecule has 0 aliphatic carbocycles. The molecule has 2 aliphatic heterocycles. The fourth-order valence-electron chi connectivity index (χ4n) is 2.91. The van der Waals surface area contributed by atoms with Crippen LogP contribution in [0.5, 0.6) is 0 Å². The Kier molecular flexibility index (Phi) is 3.65. The number of ether oxygens (including phenoxy) is 1. The highest BCUT2D eigenvalue weighted by Gasteiger charge is 2.37. The molecule has 0 aromatic carbocycles. The van der Waals surface area contributed by atoms with Gasteiger partial charge in [0.15, 0.2) is 0 Å². The minimum atomic E-state index is 0.417. The molecule has 2 saturated heterocycles. The van der Waals surface area contributed by atoms with Crippen molar-refractivity contribution in [1.82, 2.24) is 10.2 Å². The molecule has 15 heavy (non-hydrogen) atoms. The molecule has 3 heteroatoms. The van der Waals surface area contributed by atoms with Crippen molar-refractivity contribution < 1.29 is 4.74 Å². The van der Waals surface area contributed by atoms with Crippen LogP contribution in [-0.4, -0.2) is 50.3 Å². The highest BCUT2D eigenvalue weighted by molar-refractivity contribution is 4.92. The molecule has 0 amide bonds. The van der Waals surface area contributed by atoms with Crippen LogP contribution in [0.15, 0.2) is 0 Å². The minimum Gasteiger partial charge on any atom is -0.381 e. The van der Waals surface area contributed by atoms with E-state index in [0.29, 0.717) is 5.54 Å². The standard InChI is InChI=1S/C12H24N2O/c1-12(4-7-15-8-5-12)14-6-3-11(10-14)9-13-2/h11,13H,3-10H2,1-2H3. The first-order valence-corrected chi connectivity index (χ1v) is 6.22. The van der Waals surface area contributed by atoms with E-state index >= 15 is 0 Å². The van der Waals surface area contributed by atoms with Crippen LogP contribution in [0.3, 0.4) is 0 Å². The van der Waals surface area contributed by atoms with Gasteiger partial charge in [0.05, 0.1) is 0 Å². The highest BCUT2D eigenvalue weighted by atomic mass is 16.5. The minimum absolute atomic E-state index is 0.417. The first kappa shape index (κ1) is 11.4. The molecule has 88 valence electrons. The van der Waals surface area contributed by atoms with E-state index in [1.54, 1.807) is 0 Å². The van der Waals surface area contributed by atoms with Crippen molar-refractivity contribution in [3.63, 3.8) is 0 Å². The van der Waals surface area contributed by atoms with E-state index in [-0.39, 0.29) is 0 Å². The fourth-order valence-corrected chi connectivity index (χ4v) is 2.91. The van der Waals surface area contributed by atoms with Gasteiger partial charge < -0.3 is 10.1 Å². The van der Waals surface area contributed by atoms with Crippen LogP contribution >= 0.6 is 0 Å². The van der Waals surface area contributed by atoms with Crippen LogP contribution in [0, 0.1) is 5.92 Å². The molecule has 1 N–H and O–H groups in total. The van der Waals surface area contributed by atoms with Gasteiger partial charge >= 0.3 is 0 Å². The van der Waals surface area contributed by atoms with E-state index in [4.69, 9.17) is 4.74 Å². The van der Waals surface area contributed by atoms with Gasteiger partial charge in [-0.05, 0) is 52.2 Å². The predicted molar refractivity (Wildman–Crippen MR) is 62.1 cm³/mol. The molecule has 0 spiro atoms. The zero-order valence-electron chi connectivity index (χ0n) is 10.1. The Labute approximate surface area is 93.2 Å². The maximum Gasteiger partial charge on any atom is 0.0483 e. The van der Waals surface area contributed by atoms with E-state index in [1.165, 1.54) is 38.9 Å². The van der Waals surface area contributed by atoms with Crippen LogP contribution in [0.25, 0.3) is 0 Å². The molecular weight excluding hydrogens is 188 g/mol. The van der Waals surface area contributed by atoms with Crippen LogP contribution in [-0.2, 0) is 4.74 Å². The molecule has 2 aliphatic rings. The maximum absolute atomic E-state index is 5.46. The molecular formula is C12H24N2O. The number of nitrogens with zero attached hydrogens (tertiary/aromatic N) is 1. The van der Waals surface area contributed by atoms with Crippen molar-refractivity contribution in [1.29, 1.82) is 0 Å². The number of hydrogen-bond donors (Lipinski definition) is 1. The van der Waals surface area contributed by atoms with Gasteiger partial charge in [0, 0.05) is 25.3 Å². The fraction of sp³-hybridized carbons (Fsp3) is 1.00. The van der Waals surface area contributed by atoms with Crippen LogP contribution in [0.2, 0.25) is 0 Å². The van der Waals surface area contributed by atoms with Gasteiger partial charge in [-0.3, -0.25) is 4.90 Å². The summed E-state index contributed by atoms with van der Waals surface area (Å²) in [4.78, 5) is 2.69. The second-order valence-corrected chi connectivity index (χ2v) is 5.27. The Morgan fingerprint density at radius 2 is 2.13 bits per heavy atom. The summed E-state index contributed by atoms with van der Waals surface area (Å²) >= 11 is 0. The van der Waals surface area contributed by atoms with Crippen molar-refractivity contribution in [2.45, 2.75) is 31.7 Å². The lowest BCUT2D eigenvalue weighted by atomic mass is 9.90. The molecule has 0 radical (unpaired) electrons.